The van der Waals surface area contributed by atoms with Crippen LogP contribution in [-0.4, -0.2) is 12.2 Å². The quantitative estimate of drug-likeness (QED) is 0.882. The van der Waals surface area contributed by atoms with Crippen molar-refractivity contribution in [3.05, 3.63) is 34.9 Å². The van der Waals surface area contributed by atoms with Gasteiger partial charge in [-0.1, -0.05) is 12.1 Å². The van der Waals surface area contributed by atoms with Crippen LogP contribution in [0.5, 0.6) is 0 Å². The minimum absolute atomic E-state index is 0.145. The van der Waals surface area contributed by atoms with E-state index < -0.39 is 23.3 Å². The van der Waals surface area contributed by atoms with Gasteiger partial charge in [0, 0.05) is 12.2 Å². The number of aryl methyl sites for hydroxylation is 1. The highest BCUT2D eigenvalue weighted by Crippen LogP contribution is 2.30. The van der Waals surface area contributed by atoms with Crippen molar-refractivity contribution in [2.75, 3.05) is 6.61 Å². The first-order valence-corrected chi connectivity index (χ1v) is 5.65. The molecule has 0 aliphatic rings. The van der Waals surface area contributed by atoms with E-state index in [0.29, 0.717) is 6.61 Å². The van der Waals surface area contributed by atoms with Crippen molar-refractivity contribution in [3.8, 4) is 0 Å². The van der Waals surface area contributed by atoms with Crippen LogP contribution in [0, 0.1) is 18.6 Å². The van der Waals surface area contributed by atoms with Gasteiger partial charge >= 0.3 is 0 Å². The van der Waals surface area contributed by atoms with Gasteiger partial charge in [-0.25, -0.2) is 8.78 Å². The molecule has 1 atom stereocenters. The smallest absolute Gasteiger partial charge is 0.163 e. The first kappa shape index (κ1) is 14.1. The van der Waals surface area contributed by atoms with Crippen LogP contribution in [0.4, 0.5) is 8.78 Å². The molecule has 0 aliphatic heterocycles. The molecule has 0 radical (unpaired) electrons. The van der Waals surface area contributed by atoms with Gasteiger partial charge in [0.2, 0.25) is 0 Å². The first-order chi connectivity index (χ1) is 7.81. The van der Waals surface area contributed by atoms with Crippen LogP contribution in [0.15, 0.2) is 12.1 Å². The Morgan fingerprint density at radius 2 is 1.88 bits per heavy atom. The fourth-order valence-electron chi connectivity index (χ4n) is 1.74. The van der Waals surface area contributed by atoms with Crippen molar-refractivity contribution in [2.24, 2.45) is 5.73 Å². The Hall–Kier alpha value is -1.00. The van der Waals surface area contributed by atoms with E-state index in [1.54, 1.807) is 13.8 Å². The SMILES string of the molecule is CCOC(C)(C)C(N)c1ccc(C)c(F)c1F. The predicted octanol–water partition coefficient (Wildman–Crippen LogP) is 3.09. The zero-order valence-electron chi connectivity index (χ0n) is 10.7. The summed E-state index contributed by atoms with van der Waals surface area (Å²) in [5.41, 5.74) is 5.62. The van der Waals surface area contributed by atoms with Gasteiger partial charge in [-0.2, -0.15) is 0 Å². The maximum atomic E-state index is 13.8. The van der Waals surface area contributed by atoms with Crippen molar-refractivity contribution >= 4 is 0 Å². The van der Waals surface area contributed by atoms with E-state index >= 15 is 0 Å². The number of halogens is 2. The molecule has 1 aromatic rings. The Bertz CT molecular complexity index is 405. The minimum atomic E-state index is -0.884. The molecule has 1 aromatic carbocycles. The summed E-state index contributed by atoms with van der Waals surface area (Å²) in [6.07, 6.45) is 0. The highest BCUT2D eigenvalue weighted by molar-refractivity contribution is 5.29. The normalized spacial score (nSPS) is 13.8. The van der Waals surface area contributed by atoms with Crippen LogP contribution < -0.4 is 5.73 Å². The lowest BCUT2D eigenvalue weighted by Gasteiger charge is -2.32. The third kappa shape index (κ3) is 2.82. The molecule has 17 heavy (non-hydrogen) atoms. The molecule has 1 unspecified atom stereocenters. The van der Waals surface area contributed by atoms with Crippen LogP contribution >= 0.6 is 0 Å². The highest BCUT2D eigenvalue weighted by Gasteiger charge is 2.31. The largest absolute Gasteiger partial charge is 0.374 e. The minimum Gasteiger partial charge on any atom is -0.374 e. The summed E-state index contributed by atoms with van der Waals surface area (Å²) in [6.45, 7) is 7.34. The Kier molecular flexibility index (Phi) is 4.22. The molecular weight excluding hydrogens is 224 g/mol. The molecule has 0 bridgehead atoms. The molecule has 0 aromatic heterocycles. The molecule has 2 nitrogen and oxygen atoms in total. The molecule has 0 heterocycles. The van der Waals surface area contributed by atoms with Crippen LogP contribution in [0.25, 0.3) is 0 Å². The zero-order valence-corrected chi connectivity index (χ0v) is 10.7. The summed E-state index contributed by atoms with van der Waals surface area (Å²) in [5, 5.41) is 0. The van der Waals surface area contributed by atoms with Crippen LogP contribution in [0.2, 0.25) is 0 Å². The average Bonchev–Trinajstić information content (AvgIpc) is 2.25. The topological polar surface area (TPSA) is 35.2 Å². The lowest BCUT2D eigenvalue weighted by atomic mass is 9.91. The monoisotopic (exact) mass is 243 g/mol. The molecule has 1 rings (SSSR count). The fraction of sp³-hybridized carbons (Fsp3) is 0.538. The molecule has 0 saturated carbocycles. The average molecular weight is 243 g/mol. The molecule has 0 amide bonds. The Morgan fingerprint density at radius 3 is 2.41 bits per heavy atom. The zero-order chi connectivity index (χ0) is 13.2. The molecule has 0 saturated heterocycles. The van der Waals surface area contributed by atoms with Gasteiger partial charge in [-0.15, -0.1) is 0 Å². The van der Waals surface area contributed by atoms with Crippen LogP contribution in [-0.2, 0) is 4.74 Å². The number of ether oxygens (including phenoxy) is 1. The van der Waals surface area contributed by atoms with Crippen molar-refractivity contribution in [2.45, 2.75) is 39.3 Å². The van der Waals surface area contributed by atoms with Gasteiger partial charge in [-0.05, 0) is 33.3 Å². The second-order valence-corrected chi connectivity index (χ2v) is 4.61. The number of nitrogens with two attached hydrogens (primary N) is 1. The lowest BCUT2D eigenvalue weighted by Crippen LogP contribution is -2.38. The summed E-state index contributed by atoms with van der Waals surface area (Å²) in [7, 11) is 0. The number of hydrogen-bond donors (Lipinski definition) is 1. The van der Waals surface area contributed by atoms with E-state index in [1.165, 1.54) is 19.1 Å². The van der Waals surface area contributed by atoms with E-state index in [-0.39, 0.29) is 11.1 Å². The van der Waals surface area contributed by atoms with Gasteiger partial charge in [0.15, 0.2) is 11.6 Å². The second kappa shape index (κ2) is 5.10. The summed E-state index contributed by atoms with van der Waals surface area (Å²) >= 11 is 0. The summed E-state index contributed by atoms with van der Waals surface area (Å²) in [6, 6.07) is 2.33. The first-order valence-electron chi connectivity index (χ1n) is 5.65. The number of hydrogen-bond acceptors (Lipinski definition) is 2. The van der Waals surface area contributed by atoms with E-state index in [2.05, 4.69) is 0 Å². The van der Waals surface area contributed by atoms with Crippen molar-refractivity contribution < 1.29 is 13.5 Å². The molecule has 96 valence electrons. The van der Waals surface area contributed by atoms with Gasteiger partial charge < -0.3 is 10.5 Å². The van der Waals surface area contributed by atoms with E-state index in [0.717, 1.165) is 0 Å². The van der Waals surface area contributed by atoms with Gasteiger partial charge in [0.25, 0.3) is 0 Å². The van der Waals surface area contributed by atoms with E-state index in [4.69, 9.17) is 10.5 Å². The Morgan fingerprint density at radius 1 is 1.29 bits per heavy atom. The van der Waals surface area contributed by atoms with Crippen molar-refractivity contribution in [1.82, 2.24) is 0 Å². The highest BCUT2D eigenvalue weighted by atomic mass is 19.2. The summed E-state index contributed by atoms with van der Waals surface area (Å²) < 4.78 is 32.7. The number of rotatable bonds is 4. The van der Waals surface area contributed by atoms with Crippen LogP contribution in [0.1, 0.15) is 37.9 Å². The second-order valence-electron chi connectivity index (χ2n) is 4.61. The van der Waals surface area contributed by atoms with Crippen molar-refractivity contribution in [3.63, 3.8) is 0 Å². The fourth-order valence-corrected chi connectivity index (χ4v) is 1.74. The molecular formula is C13H19F2NO. The van der Waals surface area contributed by atoms with E-state index in [9.17, 15) is 8.78 Å². The maximum absolute atomic E-state index is 13.8. The standard InChI is InChI=1S/C13H19F2NO/c1-5-17-13(3,4)12(16)9-7-6-8(2)10(14)11(9)15/h6-7,12H,5,16H2,1-4H3. The van der Waals surface area contributed by atoms with Gasteiger partial charge in [0.1, 0.15) is 0 Å². The molecule has 2 N–H and O–H groups in total. The Balaban J connectivity index is 3.13. The van der Waals surface area contributed by atoms with Gasteiger partial charge in [-0.3, -0.25) is 0 Å². The molecule has 0 aliphatic carbocycles. The van der Waals surface area contributed by atoms with Crippen molar-refractivity contribution in [1.29, 1.82) is 0 Å². The molecule has 0 fully saturated rings. The summed E-state index contributed by atoms with van der Waals surface area (Å²) in [4.78, 5) is 0. The third-order valence-electron chi connectivity index (χ3n) is 2.91. The van der Waals surface area contributed by atoms with Crippen LogP contribution in [0.3, 0.4) is 0 Å². The predicted molar refractivity (Wildman–Crippen MR) is 63.7 cm³/mol. The number of benzene rings is 1. The summed E-state index contributed by atoms with van der Waals surface area (Å²) in [5.74, 6) is -1.73. The van der Waals surface area contributed by atoms with E-state index in [1.807, 2.05) is 6.92 Å². The molecule has 0 spiro atoms. The maximum Gasteiger partial charge on any atom is 0.163 e. The third-order valence-corrected chi connectivity index (χ3v) is 2.91. The molecule has 4 heteroatoms. The Labute approximate surface area is 101 Å². The lowest BCUT2D eigenvalue weighted by molar-refractivity contribution is -0.0306. The van der Waals surface area contributed by atoms with Gasteiger partial charge in [0.05, 0.1) is 11.6 Å².